The van der Waals surface area contributed by atoms with E-state index in [2.05, 4.69) is 5.32 Å². The first-order valence-corrected chi connectivity index (χ1v) is 4.52. The minimum Gasteiger partial charge on any atom is -0.394 e. The van der Waals surface area contributed by atoms with Crippen molar-refractivity contribution >= 4 is 5.91 Å². The van der Waals surface area contributed by atoms with Gasteiger partial charge in [-0.05, 0) is 17.7 Å². The summed E-state index contributed by atoms with van der Waals surface area (Å²) in [6.07, 6.45) is 0. The van der Waals surface area contributed by atoms with Crippen LogP contribution >= 0.6 is 0 Å². The standard InChI is InChI=1S/C10H13FN2O2/c11-8-3-1-7(2-4-8)5-13-10(15)9(12)6-14/h1-4,9,14H,5-6,12H2,(H,13,15). The number of amides is 1. The highest BCUT2D eigenvalue weighted by Crippen LogP contribution is 2.01. The number of aliphatic hydroxyl groups excluding tert-OH is 1. The van der Waals surface area contributed by atoms with Crippen LogP contribution in [-0.4, -0.2) is 23.7 Å². The molecule has 1 amide bonds. The summed E-state index contributed by atoms with van der Waals surface area (Å²) in [6.45, 7) is -0.123. The van der Waals surface area contributed by atoms with Gasteiger partial charge in [-0.15, -0.1) is 0 Å². The van der Waals surface area contributed by atoms with Crippen LogP contribution in [-0.2, 0) is 11.3 Å². The van der Waals surface area contributed by atoms with Gasteiger partial charge in [0.25, 0.3) is 0 Å². The molecular weight excluding hydrogens is 199 g/mol. The van der Waals surface area contributed by atoms with Gasteiger partial charge in [0.2, 0.25) is 5.91 Å². The lowest BCUT2D eigenvalue weighted by atomic mass is 10.2. The van der Waals surface area contributed by atoms with Crippen LogP contribution in [0.2, 0.25) is 0 Å². The predicted molar refractivity (Wildman–Crippen MR) is 53.3 cm³/mol. The predicted octanol–water partition coefficient (Wildman–Crippen LogP) is -0.238. The van der Waals surface area contributed by atoms with Crippen LogP contribution in [0.4, 0.5) is 4.39 Å². The summed E-state index contributed by atoms with van der Waals surface area (Å²) in [5.41, 5.74) is 6.06. The van der Waals surface area contributed by atoms with Gasteiger partial charge < -0.3 is 16.2 Å². The van der Waals surface area contributed by atoms with Gasteiger partial charge in [0, 0.05) is 6.54 Å². The number of nitrogens with two attached hydrogens (primary N) is 1. The average Bonchev–Trinajstić information content (AvgIpc) is 2.26. The number of aliphatic hydroxyl groups is 1. The summed E-state index contributed by atoms with van der Waals surface area (Å²) in [4.78, 5) is 11.1. The zero-order valence-corrected chi connectivity index (χ0v) is 8.11. The summed E-state index contributed by atoms with van der Waals surface area (Å²) < 4.78 is 12.5. The van der Waals surface area contributed by atoms with Crippen molar-refractivity contribution in [1.29, 1.82) is 0 Å². The Morgan fingerprint density at radius 2 is 2.07 bits per heavy atom. The zero-order chi connectivity index (χ0) is 11.3. The van der Waals surface area contributed by atoms with Gasteiger partial charge in [0.1, 0.15) is 11.9 Å². The van der Waals surface area contributed by atoms with E-state index in [-0.39, 0.29) is 12.4 Å². The molecule has 0 aromatic heterocycles. The second-order valence-corrected chi connectivity index (χ2v) is 3.13. The Bertz CT molecular complexity index is 327. The smallest absolute Gasteiger partial charge is 0.239 e. The Kier molecular flexibility index (Phi) is 4.20. The lowest BCUT2D eigenvalue weighted by Crippen LogP contribution is -2.42. The summed E-state index contributed by atoms with van der Waals surface area (Å²) >= 11 is 0. The first kappa shape index (κ1) is 11.6. The Morgan fingerprint density at radius 1 is 1.47 bits per heavy atom. The lowest BCUT2D eigenvalue weighted by Gasteiger charge is -2.09. The van der Waals surface area contributed by atoms with Crippen LogP contribution in [0.5, 0.6) is 0 Å². The molecule has 1 unspecified atom stereocenters. The molecule has 0 aliphatic rings. The van der Waals surface area contributed by atoms with E-state index in [1.54, 1.807) is 12.1 Å². The van der Waals surface area contributed by atoms with Crippen molar-refractivity contribution in [3.63, 3.8) is 0 Å². The van der Waals surface area contributed by atoms with Crippen LogP contribution in [0.25, 0.3) is 0 Å². The van der Waals surface area contributed by atoms with E-state index in [0.717, 1.165) is 5.56 Å². The second-order valence-electron chi connectivity index (χ2n) is 3.13. The number of hydrogen-bond acceptors (Lipinski definition) is 3. The molecule has 4 nitrogen and oxygen atoms in total. The Balaban J connectivity index is 2.43. The minimum atomic E-state index is -0.912. The largest absolute Gasteiger partial charge is 0.394 e. The molecule has 82 valence electrons. The maximum Gasteiger partial charge on any atom is 0.239 e. The van der Waals surface area contributed by atoms with Crippen molar-refractivity contribution in [2.24, 2.45) is 5.73 Å². The molecule has 15 heavy (non-hydrogen) atoms. The number of rotatable bonds is 4. The molecule has 0 fully saturated rings. The van der Waals surface area contributed by atoms with Crippen LogP contribution in [0.3, 0.4) is 0 Å². The highest BCUT2D eigenvalue weighted by atomic mass is 19.1. The average molecular weight is 212 g/mol. The molecular formula is C10H13FN2O2. The van der Waals surface area contributed by atoms with E-state index in [0.29, 0.717) is 0 Å². The van der Waals surface area contributed by atoms with E-state index >= 15 is 0 Å². The highest BCUT2D eigenvalue weighted by Gasteiger charge is 2.10. The molecule has 4 N–H and O–H groups in total. The third-order valence-corrected chi connectivity index (χ3v) is 1.91. The van der Waals surface area contributed by atoms with E-state index < -0.39 is 18.6 Å². The summed E-state index contributed by atoms with van der Waals surface area (Å²) in [7, 11) is 0. The van der Waals surface area contributed by atoms with Crippen molar-refractivity contribution in [3.05, 3.63) is 35.6 Å². The third kappa shape index (κ3) is 3.65. The third-order valence-electron chi connectivity index (χ3n) is 1.91. The fourth-order valence-electron chi connectivity index (χ4n) is 1.01. The quantitative estimate of drug-likeness (QED) is 0.645. The number of carbonyl (C=O) groups is 1. The number of hydrogen-bond donors (Lipinski definition) is 3. The normalized spacial score (nSPS) is 12.2. The van der Waals surface area contributed by atoms with Gasteiger partial charge in [-0.25, -0.2) is 4.39 Å². The molecule has 0 radical (unpaired) electrons. The summed E-state index contributed by atoms with van der Waals surface area (Å²) in [5.74, 6) is -0.751. The summed E-state index contributed by atoms with van der Waals surface area (Å²) in [5, 5.41) is 11.1. The number of nitrogens with one attached hydrogen (secondary N) is 1. The Labute approximate surface area is 86.9 Å². The SMILES string of the molecule is NC(CO)C(=O)NCc1ccc(F)cc1. The molecule has 0 saturated carbocycles. The maximum absolute atomic E-state index is 12.5. The van der Waals surface area contributed by atoms with Gasteiger partial charge in [-0.2, -0.15) is 0 Å². The lowest BCUT2D eigenvalue weighted by molar-refractivity contribution is -0.123. The van der Waals surface area contributed by atoms with Gasteiger partial charge in [0.05, 0.1) is 6.61 Å². The monoisotopic (exact) mass is 212 g/mol. The van der Waals surface area contributed by atoms with Crippen LogP contribution < -0.4 is 11.1 Å². The van der Waals surface area contributed by atoms with E-state index in [1.165, 1.54) is 12.1 Å². The van der Waals surface area contributed by atoms with Gasteiger partial charge in [-0.1, -0.05) is 12.1 Å². The Morgan fingerprint density at radius 3 is 2.60 bits per heavy atom. The molecule has 0 bridgehead atoms. The van der Waals surface area contributed by atoms with E-state index in [9.17, 15) is 9.18 Å². The van der Waals surface area contributed by atoms with Crippen molar-refractivity contribution in [3.8, 4) is 0 Å². The molecule has 0 spiro atoms. The molecule has 1 rings (SSSR count). The molecule has 5 heteroatoms. The maximum atomic E-state index is 12.5. The fraction of sp³-hybridized carbons (Fsp3) is 0.300. The van der Waals surface area contributed by atoms with E-state index in [4.69, 9.17) is 10.8 Å². The molecule has 1 aromatic rings. The van der Waals surface area contributed by atoms with Crippen molar-refractivity contribution < 1.29 is 14.3 Å². The number of halogens is 1. The molecule has 0 heterocycles. The second kappa shape index (κ2) is 5.43. The van der Waals surface area contributed by atoms with Crippen LogP contribution in [0.15, 0.2) is 24.3 Å². The molecule has 1 atom stereocenters. The van der Waals surface area contributed by atoms with Crippen LogP contribution in [0, 0.1) is 5.82 Å². The first-order valence-electron chi connectivity index (χ1n) is 4.52. The van der Waals surface area contributed by atoms with Gasteiger partial charge in [-0.3, -0.25) is 4.79 Å². The number of benzene rings is 1. The van der Waals surface area contributed by atoms with Crippen molar-refractivity contribution in [2.75, 3.05) is 6.61 Å². The number of carbonyl (C=O) groups excluding carboxylic acids is 1. The van der Waals surface area contributed by atoms with Gasteiger partial charge in [0.15, 0.2) is 0 Å². The van der Waals surface area contributed by atoms with Gasteiger partial charge >= 0.3 is 0 Å². The Hall–Kier alpha value is -1.46. The first-order chi connectivity index (χ1) is 7.13. The fourth-order valence-corrected chi connectivity index (χ4v) is 1.01. The summed E-state index contributed by atoms with van der Waals surface area (Å²) in [6, 6.07) is 4.85. The molecule has 0 aliphatic heterocycles. The molecule has 0 aliphatic carbocycles. The topological polar surface area (TPSA) is 75.3 Å². The molecule has 0 saturated heterocycles. The zero-order valence-electron chi connectivity index (χ0n) is 8.11. The molecule has 1 aromatic carbocycles. The van der Waals surface area contributed by atoms with Crippen molar-refractivity contribution in [1.82, 2.24) is 5.32 Å². The van der Waals surface area contributed by atoms with Crippen molar-refractivity contribution in [2.45, 2.75) is 12.6 Å². The van der Waals surface area contributed by atoms with Crippen LogP contribution in [0.1, 0.15) is 5.56 Å². The van der Waals surface area contributed by atoms with E-state index in [1.807, 2.05) is 0 Å². The highest BCUT2D eigenvalue weighted by molar-refractivity contribution is 5.81. The minimum absolute atomic E-state index is 0.271.